The molecule has 1 heterocycles. The number of alkyl halides is 1. The lowest BCUT2D eigenvalue weighted by molar-refractivity contribution is -0.121. The maximum atomic E-state index is 12.8. The SMILES string of the molecule is CN(C)C=C1C=Cc2c(c3cc(OCF)ccc3n2C)C1C1(C#N)CCC(=O)CC1. The van der Waals surface area contributed by atoms with Gasteiger partial charge in [-0.2, -0.15) is 5.26 Å². The van der Waals surface area contributed by atoms with E-state index in [0.29, 0.717) is 31.4 Å². The number of aryl methyl sites for hydroxylation is 1. The number of allylic oxidation sites excluding steroid dienone is 2. The van der Waals surface area contributed by atoms with Crippen LogP contribution in [0, 0.1) is 16.7 Å². The molecule has 0 amide bonds. The molecule has 1 unspecified atom stereocenters. The molecule has 156 valence electrons. The highest BCUT2D eigenvalue weighted by Gasteiger charge is 2.47. The van der Waals surface area contributed by atoms with Gasteiger partial charge in [0.25, 0.3) is 0 Å². The Balaban J connectivity index is 1.99. The summed E-state index contributed by atoms with van der Waals surface area (Å²) in [5.41, 5.74) is 3.48. The summed E-state index contributed by atoms with van der Waals surface area (Å²) in [6.45, 7) is -0.889. The van der Waals surface area contributed by atoms with E-state index in [4.69, 9.17) is 4.74 Å². The largest absolute Gasteiger partial charge is 0.463 e. The lowest BCUT2D eigenvalue weighted by Crippen LogP contribution is -2.35. The molecule has 0 radical (unpaired) electrons. The normalized spacial score (nSPS) is 21.5. The molecule has 0 aliphatic heterocycles. The molecule has 1 saturated carbocycles. The molecular formula is C24H26FN3O2. The standard InChI is InChI=1S/C24H26FN3O2/c1-27(2)13-16-4-6-21-22(23(16)24(14-26)10-8-17(29)9-11-24)19-12-18(30-15-25)5-7-20(19)28(21)3/h4-7,12-13,23H,8-11,15H2,1-3H3. The lowest BCUT2D eigenvalue weighted by Gasteiger charge is -2.40. The smallest absolute Gasteiger partial charge is 0.228 e. The van der Waals surface area contributed by atoms with Gasteiger partial charge in [0.1, 0.15) is 11.5 Å². The number of carbonyl (C=O) groups is 1. The van der Waals surface area contributed by atoms with E-state index in [1.165, 1.54) is 0 Å². The second-order valence-corrected chi connectivity index (χ2v) is 8.46. The van der Waals surface area contributed by atoms with E-state index in [1.54, 1.807) is 6.07 Å². The van der Waals surface area contributed by atoms with Crippen molar-refractivity contribution in [2.45, 2.75) is 31.6 Å². The molecule has 5 nitrogen and oxygen atoms in total. The third-order valence-electron chi connectivity index (χ3n) is 6.42. The predicted molar refractivity (Wildman–Crippen MR) is 115 cm³/mol. The number of Topliss-reactive ketones (excluding diaryl/α,β-unsaturated/α-hetero) is 1. The fourth-order valence-corrected chi connectivity index (χ4v) is 5.02. The molecule has 0 saturated heterocycles. The summed E-state index contributed by atoms with van der Waals surface area (Å²) in [5, 5.41) is 11.3. The van der Waals surface area contributed by atoms with Crippen molar-refractivity contribution in [3.05, 3.63) is 47.3 Å². The van der Waals surface area contributed by atoms with Crippen LogP contribution in [0.5, 0.6) is 5.75 Å². The van der Waals surface area contributed by atoms with Crippen LogP contribution in [0.25, 0.3) is 17.0 Å². The Kier molecular flexibility index (Phi) is 5.15. The van der Waals surface area contributed by atoms with Crippen molar-refractivity contribution in [1.82, 2.24) is 9.47 Å². The first-order chi connectivity index (χ1) is 14.4. The van der Waals surface area contributed by atoms with Crippen molar-refractivity contribution < 1.29 is 13.9 Å². The Labute approximate surface area is 176 Å². The number of hydrogen-bond acceptors (Lipinski definition) is 4. The third kappa shape index (κ3) is 3.19. The Morgan fingerprint density at radius 3 is 2.70 bits per heavy atom. The average Bonchev–Trinajstić information content (AvgIpc) is 3.01. The number of rotatable bonds is 4. The first kappa shape index (κ1) is 20.2. The van der Waals surface area contributed by atoms with Crippen molar-refractivity contribution in [3.63, 3.8) is 0 Å². The number of ether oxygens (including phenoxy) is 1. The molecule has 2 aliphatic carbocycles. The summed E-state index contributed by atoms with van der Waals surface area (Å²) >= 11 is 0. The summed E-state index contributed by atoms with van der Waals surface area (Å²) < 4.78 is 20.1. The van der Waals surface area contributed by atoms with Gasteiger partial charge < -0.3 is 14.2 Å². The fraction of sp³-hybridized carbons (Fsp3) is 0.417. The highest BCUT2D eigenvalue weighted by atomic mass is 19.1. The Morgan fingerprint density at radius 1 is 1.33 bits per heavy atom. The minimum atomic E-state index is -0.889. The number of nitrogens with zero attached hydrogens (tertiary/aromatic N) is 3. The van der Waals surface area contributed by atoms with E-state index in [2.05, 4.69) is 29.0 Å². The highest BCUT2D eigenvalue weighted by Crippen LogP contribution is 2.54. The van der Waals surface area contributed by atoms with E-state index < -0.39 is 12.3 Å². The van der Waals surface area contributed by atoms with Gasteiger partial charge in [-0.05, 0) is 48.3 Å². The first-order valence-corrected chi connectivity index (χ1v) is 10.2. The molecule has 30 heavy (non-hydrogen) atoms. The number of ketones is 1. The lowest BCUT2D eigenvalue weighted by atomic mass is 9.60. The van der Waals surface area contributed by atoms with Crippen LogP contribution in [0.4, 0.5) is 4.39 Å². The Bertz CT molecular complexity index is 1090. The Hall–Kier alpha value is -3.07. The predicted octanol–water partition coefficient (Wildman–Crippen LogP) is 4.69. The van der Waals surface area contributed by atoms with Gasteiger partial charge in [0.2, 0.25) is 6.86 Å². The number of benzene rings is 1. The highest BCUT2D eigenvalue weighted by molar-refractivity contribution is 5.92. The molecule has 1 fully saturated rings. The maximum Gasteiger partial charge on any atom is 0.228 e. The quantitative estimate of drug-likeness (QED) is 0.738. The average molecular weight is 407 g/mol. The van der Waals surface area contributed by atoms with E-state index in [0.717, 1.165) is 27.7 Å². The van der Waals surface area contributed by atoms with Crippen molar-refractivity contribution in [2.75, 3.05) is 21.0 Å². The van der Waals surface area contributed by atoms with Crippen LogP contribution in [-0.2, 0) is 11.8 Å². The molecule has 0 N–H and O–H groups in total. The van der Waals surface area contributed by atoms with E-state index in [-0.39, 0.29) is 11.7 Å². The van der Waals surface area contributed by atoms with Gasteiger partial charge >= 0.3 is 0 Å². The molecule has 1 atom stereocenters. The number of aromatic nitrogens is 1. The zero-order valence-electron chi connectivity index (χ0n) is 17.6. The van der Waals surface area contributed by atoms with Crippen molar-refractivity contribution in [1.29, 1.82) is 5.26 Å². The summed E-state index contributed by atoms with van der Waals surface area (Å²) in [6.07, 6.45) is 8.17. The van der Waals surface area contributed by atoms with Crippen LogP contribution < -0.4 is 4.74 Å². The summed E-state index contributed by atoms with van der Waals surface area (Å²) in [7, 11) is 5.93. The van der Waals surface area contributed by atoms with Crippen molar-refractivity contribution in [3.8, 4) is 11.8 Å². The van der Waals surface area contributed by atoms with E-state index in [9.17, 15) is 14.4 Å². The van der Waals surface area contributed by atoms with Crippen molar-refractivity contribution >= 4 is 22.8 Å². The van der Waals surface area contributed by atoms with Crippen LogP contribution in [0.2, 0.25) is 0 Å². The number of fused-ring (bicyclic) bond motifs is 3. The monoisotopic (exact) mass is 407 g/mol. The molecule has 2 aromatic rings. The zero-order chi connectivity index (χ0) is 21.5. The number of halogens is 1. The van der Waals surface area contributed by atoms with Crippen LogP contribution >= 0.6 is 0 Å². The van der Waals surface area contributed by atoms with Gasteiger partial charge in [-0.3, -0.25) is 4.79 Å². The molecule has 4 rings (SSSR count). The zero-order valence-corrected chi connectivity index (χ0v) is 17.6. The van der Waals surface area contributed by atoms with Crippen LogP contribution in [0.3, 0.4) is 0 Å². The number of hydrogen-bond donors (Lipinski definition) is 0. The second-order valence-electron chi connectivity index (χ2n) is 8.46. The van der Waals surface area contributed by atoms with Gasteiger partial charge in [-0.1, -0.05) is 6.08 Å². The summed E-state index contributed by atoms with van der Waals surface area (Å²) in [5.74, 6) is 0.513. The molecule has 2 aliphatic rings. The fourth-order valence-electron chi connectivity index (χ4n) is 5.02. The Morgan fingerprint density at radius 2 is 2.07 bits per heavy atom. The molecule has 1 aromatic carbocycles. The second kappa shape index (κ2) is 7.64. The molecule has 0 spiro atoms. The summed E-state index contributed by atoms with van der Waals surface area (Å²) in [6, 6.07) is 8.19. The van der Waals surface area contributed by atoms with E-state index >= 15 is 0 Å². The molecular weight excluding hydrogens is 381 g/mol. The van der Waals surface area contributed by atoms with Gasteiger partial charge in [0, 0.05) is 62.7 Å². The topological polar surface area (TPSA) is 58.3 Å². The van der Waals surface area contributed by atoms with Crippen molar-refractivity contribution in [2.24, 2.45) is 12.5 Å². The van der Waals surface area contributed by atoms with Crippen LogP contribution in [0.15, 0.2) is 36.0 Å². The molecule has 6 heteroatoms. The van der Waals surface area contributed by atoms with Crippen LogP contribution in [-0.4, -0.2) is 36.2 Å². The molecule has 0 bridgehead atoms. The van der Waals surface area contributed by atoms with Gasteiger partial charge in [0.05, 0.1) is 11.5 Å². The molecule has 1 aromatic heterocycles. The van der Waals surface area contributed by atoms with Gasteiger partial charge in [-0.15, -0.1) is 0 Å². The van der Waals surface area contributed by atoms with Crippen LogP contribution in [0.1, 0.15) is 42.9 Å². The minimum Gasteiger partial charge on any atom is -0.463 e. The number of nitriles is 1. The van der Waals surface area contributed by atoms with Gasteiger partial charge in [-0.25, -0.2) is 4.39 Å². The van der Waals surface area contributed by atoms with Gasteiger partial charge in [0.15, 0.2) is 0 Å². The van der Waals surface area contributed by atoms with E-state index in [1.807, 2.05) is 38.2 Å². The third-order valence-corrected chi connectivity index (χ3v) is 6.42. The maximum absolute atomic E-state index is 12.8. The first-order valence-electron chi connectivity index (χ1n) is 10.2. The summed E-state index contributed by atoms with van der Waals surface area (Å²) in [4.78, 5) is 14.0. The minimum absolute atomic E-state index is 0.178. The number of carbonyl (C=O) groups excluding carboxylic acids is 1.